The van der Waals surface area contributed by atoms with Gasteiger partial charge in [-0.05, 0) is 42.0 Å². The number of rotatable bonds is 6. The summed E-state index contributed by atoms with van der Waals surface area (Å²) in [7, 11) is 0. The van der Waals surface area contributed by atoms with Crippen LogP contribution in [-0.2, 0) is 22.4 Å². The van der Waals surface area contributed by atoms with E-state index >= 15 is 0 Å². The molecule has 0 bridgehead atoms. The van der Waals surface area contributed by atoms with Crippen molar-refractivity contribution in [3.05, 3.63) is 58.0 Å². The highest BCUT2D eigenvalue weighted by Crippen LogP contribution is 2.16. The molecule has 1 saturated heterocycles. The van der Waals surface area contributed by atoms with Crippen LogP contribution in [0.4, 0.5) is 4.39 Å². The molecule has 3 nitrogen and oxygen atoms in total. The van der Waals surface area contributed by atoms with Crippen LogP contribution < -0.4 is 0 Å². The van der Waals surface area contributed by atoms with E-state index in [-0.39, 0.29) is 17.8 Å². The summed E-state index contributed by atoms with van der Waals surface area (Å²) in [6.45, 7) is 1.79. The van der Waals surface area contributed by atoms with Gasteiger partial charge in [0.1, 0.15) is 5.82 Å². The number of hydrogen-bond acceptors (Lipinski definition) is 3. The summed E-state index contributed by atoms with van der Waals surface area (Å²) in [5, 5.41) is 2.07. The highest BCUT2D eigenvalue weighted by Gasteiger charge is 2.24. The maximum absolute atomic E-state index is 13.3. The lowest BCUT2D eigenvalue weighted by Crippen LogP contribution is -2.46. The first-order valence-electron chi connectivity index (χ1n) is 8.37. The van der Waals surface area contributed by atoms with E-state index in [0.29, 0.717) is 32.5 Å². The number of ether oxygens (including phenoxy) is 1. The highest BCUT2D eigenvalue weighted by atomic mass is 32.1. The van der Waals surface area contributed by atoms with Gasteiger partial charge in [-0.3, -0.25) is 4.79 Å². The molecular formula is C19H22FNO2S. The van der Waals surface area contributed by atoms with Gasteiger partial charge in [-0.2, -0.15) is 0 Å². The van der Waals surface area contributed by atoms with Crippen LogP contribution in [0.1, 0.15) is 23.3 Å². The zero-order valence-electron chi connectivity index (χ0n) is 13.6. The smallest absolute Gasteiger partial charge is 0.222 e. The van der Waals surface area contributed by atoms with Crippen molar-refractivity contribution >= 4 is 17.2 Å². The molecule has 1 unspecified atom stereocenters. The summed E-state index contributed by atoms with van der Waals surface area (Å²) in [5.74, 6) is -0.0380. The summed E-state index contributed by atoms with van der Waals surface area (Å²) in [6.07, 6.45) is 2.99. The van der Waals surface area contributed by atoms with Gasteiger partial charge >= 0.3 is 0 Å². The maximum Gasteiger partial charge on any atom is 0.222 e. The zero-order chi connectivity index (χ0) is 16.8. The molecule has 0 aliphatic carbocycles. The predicted molar refractivity (Wildman–Crippen MR) is 93.7 cm³/mol. The van der Waals surface area contributed by atoms with Gasteiger partial charge in [0.05, 0.1) is 12.7 Å². The van der Waals surface area contributed by atoms with Gasteiger partial charge in [-0.25, -0.2) is 4.39 Å². The van der Waals surface area contributed by atoms with Crippen molar-refractivity contribution in [2.45, 2.75) is 31.8 Å². The molecule has 128 valence electrons. The molecule has 1 fully saturated rings. The first-order chi connectivity index (χ1) is 11.7. The van der Waals surface area contributed by atoms with E-state index in [2.05, 4.69) is 11.4 Å². The first-order valence-corrected chi connectivity index (χ1v) is 9.25. The van der Waals surface area contributed by atoms with Crippen molar-refractivity contribution in [2.75, 3.05) is 19.7 Å². The van der Waals surface area contributed by atoms with Crippen molar-refractivity contribution in [1.82, 2.24) is 4.90 Å². The fraction of sp³-hybridized carbons (Fsp3) is 0.421. The number of nitrogens with zero attached hydrogens (tertiary/aromatic N) is 1. The van der Waals surface area contributed by atoms with Gasteiger partial charge in [-0.15, -0.1) is 11.3 Å². The second-order valence-electron chi connectivity index (χ2n) is 6.10. The van der Waals surface area contributed by atoms with E-state index in [4.69, 9.17) is 4.74 Å². The lowest BCUT2D eigenvalue weighted by molar-refractivity contribution is -0.138. The number of benzene rings is 1. The van der Waals surface area contributed by atoms with Crippen molar-refractivity contribution < 1.29 is 13.9 Å². The van der Waals surface area contributed by atoms with Crippen LogP contribution in [0.15, 0.2) is 41.8 Å². The first kappa shape index (κ1) is 17.1. The van der Waals surface area contributed by atoms with Gasteiger partial charge in [-0.1, -0.05) is 18.2 Å². The normalized spacial score (nSPS) is 17.9. The molecule has 3 rings (SSSR count). The molecule has 1 aromatic heterocycles. The Morgan fingerprint density at radius 1 is 1.33 bits per heavy atom. The number of carbonyl (C=O) groups excluding carboxylic acids is 1. The van der Waals surface area contributed by atoms with E-state index in [1.165, 1.54) is 17.0 Å². The number of amides is 1. The molecule has 0 N–H and O–H groups in total. The SMILES string of the molecule is O=C(CCCc1cccs1)N1CCOC(Cc2cccc(F)c2)C1. The minimum absolute atomic E-state index is 0.0539. The quantitative estimate of drug-likeness (QED) is 0.798. The molecule has 0 radical (unpaired) electrons. The lowest BCUT2D eigenvalue weighted by Gasteiger charge is -2.33. The third-order valence-corrected chi connectivity index (χ3v) is 5.17. The highest BCUT2D eigenvalue weighted by molar-refractivity contribution is 7.09. The van der Waals surface area contributed by atoms with Crippen LogP contribution in [-0.4, -0.2) is 36.6 Å². The molecular weight excluding hydrogens is 325 g/mol. The van der Waals surface area contributed by atoms with E-state index in [1.807, 2.05) is 17.0 Å². The number of morpholine rings is 1. The Hall–Kier alpha value is -1.72. The van der Waals surface area contributed by atoms with Crippen molar-refractivity contribution in [1.29, 1.82) is 0 Å². The molecule has 1 aliphatic rings. The van der Waals surface area contributed by atoms with Gasteiger partial charge in [0.25, 0.3) is 0 Å². The fourth-order valence-corrected chi connectivity index (χ4v) is 3.77. The predicted octanol–water partition coefficient (Wildman–Crippen LogP) is 3.68. The fourth-order valence-electron chi connectivity index (χ4n) is 3.02. The molecule has 1 aromatic carbocycles. The minimum atomic E-state index is -0.232. The minimum Gasteiger partial charge on any atom is -0.374 e. The van der Waals surface area contributed by atoms with Gasteiger partial charge in [0, 0.05) is 30.8 Å². The number of aryl methyl sites for hydroxylation is 1. The Balaban J connectivity index is 1.46. The third-order valence-electron chi connectivity index (χ3n) is 4.24. The number of carbonyl (C=O) groups is 1. The van der Waals surface area contributed by atoms with E-state index in [1.54, 1.807) is 17.4 Å². The topological polar surface area (TPSA) is 29.5 Å². The average molecular weight is 347 g/mol. The number of thiophene rings is 1. The Morgan fingerprint density at radius 2 is 2.25 bits per heavy atom. The summed E-state index contributed by atoms with van der Waals surface area (Å²) in [5.41, 5.74) is 0.909. The Morgan fingerprint density at radius 3 is 3.04 bits per heavy atom. The third kappa shape index (κ3) is 4.89. The van der Waals surface area contributed by atoms with Gasteiger partial charge in [0.15, 0.2) is 0 Å². The summed E-state index contributed by atoms with van der Waals surface area (Å²) < 4.78 is 19.0. The monoisotopic (exact) mass is 347 g/mol. The summed E-state index contributed by atoms with van der Waals surface area (Å²) in [4.78, 5) is 15.6. The standard InChI is InChI=1S/C19H22FNO2S/c20-16-5-1-4-15(12-16)13-17-14-21(9-10-23-17)19(22)8-2-6-18-7-3-11-24-18/h1,3-5,7,11-12,17H,2,6,8-10,13-14H2. The van der Waals surface area contributed by atoms with Crippen molar-refractivity contribution in [3.8, 4) is 0 Å². The molecule has 1 amide bonds. The molecule has 0 spiro atoms. The molecule has 2 aromatic rings. The molecule has 24 heavy (non-hydrogen) atoms. The van der Waals surface area contributed by atoms with Crippen LogP contribution in [0.3, 0.4) is 0 Å². The summed E-state index contributed by atoms with van der Waals surface area (Å²) in [6, 6.07) is 10.7. The second-order valence-corrected chi connectivity index (χ2v) is 7.13. The lowest BCUT2D eigenvalue weighted by atomic mass is 10.1. The van der Waals surface area contributed by atoms with Gasteiger partial charge in [0.2, 0.25) is 5.91 Å². The number of halogens is 1. The van der Waals surface area contributed by atoms with E-state index in [9.17, 15) is 9.18 Å². The van der Waals surface area contributed by atoms with Crippen LogP contribution in [0, 0.1) is 5.82 Å². The molecule has 0 saturated carbocycles. The number of hydrogen-bond donors (Lipinski definition) is 0. The molecule has 1 aliphatic heterocycles. The maximum atomic E-state index is 13.3. The zero-order valence-corrected chi connectivity index (χ0v) is 14.4. The van der Waals surface area contributed by atoms with Crippen LogP contribution >= 0.6 is 11.3 Å². The van der Waals surface area contributed by atoms with E-state index in [0.717, 1.165) is 18.4 Å². The molecule has 5 heteroatoms. The van der Waals surface area contributed by atoms with Crippen LogP contribution in [0.25, 0.3) is 0 Å². The van der Waals surface area contributed by atoms with Crippen molar-refractivity contribution in [3.63, 3.8) is 0 Å². The molecule has 1 atom stereocenters. The van der Waals surface area contributed by atoms with E-state index < -0.39 is 0 Å². The Kier molecular flexibility index (Phi) is 5.99. The Bertz CT molecular complexity index is 659. The largest absolute Gasteiger partial charge is 0.374 e. The second kappa shape index (κ2) is 8.40. The molecule has 2 heterocycles. The van der Waals surface area contributed by atoms with Crippen LogP contribution in [0.5, 0.6) is 0 Å². The average Bonchev–Trinajstić information content (AvgIpc) is 3.08. The van der Waals surface area contributed by atoms with Gasteiger partial charge < -0.3 is 9.64 Å². The van der Waals surface area contributed by atoms with Crippen LogP contribution in [0.2, 0.25) is 0 Å². The summed E-state index contributed by atoms with van der Waals surface area (Å²) >= 11 is 1.74. The Labute approximate surface area is 146 Å². The van der Waals surface area contributed by atoms with Crippen molar-refractivity contribution in [2.24, 2.45) is 0 Å².